The van der Waals surface area contributed by atoms with Crippen molar-refractivity contribution in [3.05, 3.63) is 29.8 Å². The molecule has 1 aromatic carbocycles. The van der Waals surface area contributed by atoms with Crippen LogP contribution in [0.2, 0.25) is 18.1 Å². The molecule has 1 rings (SSSR count). The van der Waals surface area contributed by atoms with Gasteiger partial charge in [0, 0.05) is 5.92 Å². The second-order valence-electron chi connectivity index (χ2n) is 6.22. The fraction of sp³-hybridized carbons (Fsp3) is 0.600. The van der Waals surface area contributed by atoms with Crippen molar-refractivity contribution >= 4 is 8.32 Å². The van der Waals surface area contributed by atoms with Crippen molar-refractivity contribution in [3.63, 3.8) is 0 Å². The van der Waals surface area contributed by atoms with Crippen molar-refractivity contribution < 1.29 is 13.9 Å². The smallest absolute Gasteiger partial charge is 0.192 e. The molecule has 0 spiro atoms. The summed E-state index contributed by atoms with van der Waals surface area (Å²) in [4.78, 5) is 0. The van der Waals surface area contributed by atoms with Gasteiger partial charge in [0.15, 0.2) is 8.32 Å². The molecule has 0 aliphatic carbocycles. The summed E-state index contributed by atoms with van der Waals surface area (Å²) >= 11 is 0. The standard InChI is InChI=1S/C20H32O3Si/c1-7-17(5)20(23-24(8-2,9-3)10-4)16-22-15-18-11-13-19(21-6)14-12-18/h1,11-14,17,20H,8-10,15-16H2,2-6H3/t17-,20-/m0/s1. The highest BCUT2D eigenvalue weighted by atomic mass is 28.4. The second-order valence-corrected chi connectivity index (χ2v) is 10.9. The summed E-state index contributed by atoms with van der Waals surface area (Å²) in [5.74, 6) is 3.73. The van der Waals surface area contributed by atoms with E-state index in [0.29, 0.717) is 13.2 Å². The number of hydrogen-bond donors (Lipinski definition) is 0. The minimum Gasteiger partial charge on any atom is -0.497 e. The number of terminal acetylenes is 1. The quantitative estimate of drug-likeness (QED) is 0.422. The summed E-state index contributed by atoms with van der Waals surface area (Å²) in [5.41, 5.74) is 1.12. The molecule has 2 atom stereocenters. The van der Waals surface area contributed by atoms with Crippen LogP contribution < -0.4 is 4.74 Å². The van der Waals surface area contributed by atoms with E-state index in [2.05, 4.69) is 26.7 Å². The van der Waals surface area contributed by atoms with Gasteiger partial charge in [0.1, 0.15) is 5.75 Å². The first-order valence-electron chi connectivity index (χ1n) is 8.88. The maximum atomic E-state index is 6.56. The van der Waals surface area contributed by atoms with E-state index in [4.69, 9.17) is 20.3 Å². The highest BCUT2D eigenvalue weighted by molar-refractivity contribution is 6.73. The predicted octanol–water partition coefficient (Wildman–Crippen LogP) is 4.87. The molecular weight excluding hydrogens is 316 g/mol. The first kappa shape index (κ1) is 20.8. The third-order valence-corrected chi connectivity index (χ3v) is 9.53. The molecule has 0 saturated heterocycles. The van der Waals surface area contributed by atoms with E-state index < -0.39 is 8.32 Å². The number of methoxy groups -OCH3 is 1. The van der Waals surface area contributed by atoms with Gasteiger partial charge in [-0.2, -0.15) is 0 Å². The fourth-order valence-corrected chi connectivity index (χ4v) is 5.64. The van der Waals surface area contributed by atoms with Gasteiger partial charge < -0.3 is 13.9 Å². The zero-order chi connectivity index (χ0) is 18.0. The Hall–Kier alpha value is -1.28. The van der Waals surface area contributed by atoms with E-state index in [1.165, 1.54) is 0 Å². The average molecular weight is 349 g/mol. The highest BCUT2D eigenvalue weighted by Gasteiger charge is 2.33. The molecular formula is C20H32O3Si. The SMILES string of the molecule is C#C[C@H](C)[C@H](COCc1ccc(OC)cc1)O[Si](CC)(CC)CC. The van der Waals surface area contributed by atoms with Crippen LogP contribution in [0.25, 0.3) is 0 Å². The van der Waals surface area contributed by atoms with Crippen molar-refractivity contribution in [2.75, 3.05) is 13.7 Å². The van der Waals surface area contributed by atoms with E-state index >= 15 is 0 Å². The van der Waals surface area contributed by atoms with Gasteiger partial charge in [0.05, 0.1) is 26.4 Å². The molecule has 0 amide bonds. The van der Waals surface area contributed by atoms with Crippen LogP contribution >= 0.6 is 0 Å². The lowest BCUT2D eigenvalue weighted by molar-refractivity contribution is 0.0212. The Labute approximate surface area is 148 Å². The number of rotatable bonds is 11. The van der Waals surface area contributed by atoms with E-state index in [9.17, 15) is 0 Å². The fourth-order valence-electron chi connectivity index (χ4n) is 2.72. The zero-order valence-electron chi connectivity index (χ0n) is 15.8. The van der Waals surface area contributed by atoms with Crippen LogP contribution in [-0.2, 0) is 15.8 Å². The summed E-state index contributed by atoms with van der Waals surface area (Å²) in [7, 11) is -0.0266. The second kappa shape index (κ2) is 10.6. The van der Waals surface area contributed by atoms with E-state index in [-0.39, 0.29) is 12.0 Å². The Bertz CT molecular complexity index is 494. The molecule has 0 bridgehead atoms. The summed E-state index contributed by atoms with van der Waals surface area (Å²) in [6.07, 6.45) is 5.62. The first-order valence-corrected chi connectivity index (χ1v) is 11.4. The van der Waals surface area contributed by atoms with E-state index in [1.807, 2.05) is 31.2 Å². The number of benzene rings is 1. The van der Waals surface area contributed by atoms with Crippen LogP contribution in [0.4, 0.5) is 0 Å². The van der Waals surface area contributed by atoms with Crippen molar-refractivity contribution in [1.82, 2.24) is 0 Å². The van der Waals surface area contributed by atoms with Crippen molar-refractivity contribution in [2.45, 2.75) is 58.5 Å². The van der Waals surface area contributed by atoms with Crippen molar-refractivity contribution in [2.24, 2.45) is 5.92 Å². The van der Waals surface area contributed by atoms with Crippen LogP contribution in [0.15, 0.2) is 24.3 Å². The largest absolute Gasteiger partial charge is 0.497 e. The third kappa shape index (κ3) is 5.97. The van der Waals surface area contributed by atoms with Gasteiger partial charge >= 0.3 is 0 Å². The molecule has 0 N–H and O–H groups in total. The molecule has 134 valence electrons. The molecule has 0 radical (unpaired) electrons. The Balaban J connectivity index is 2.64. The third-order valence-electron chi connectivity index (χ3n) is 4.86. The molecule has 3 nitrogen and oxygen atoms in total. The molecule has 0 aliphatic heterocycles. The highest BCUT2D eigenvalue weighted by Crippen LogP contribution is 2.26. The monoisotopic (exact) mass is 348 g/mol. The van der Waals surface area contributed by atoms with Gasteiger partial charge in [-0.05, 0) is 42.8 Å². The average Bonchev–Trinajstić information content (AvgIpc) is 2.64. The topological polar surface area (TPSA) is 27.7 Å². The van der Waals surface area contributed by atoms with Gasteiger partial charge in [-0.25, -0.2) is 0 Å². The maximum Gasteiger partial charge on any atom is 0.192 e. The molecule has 24 heavy (non-hydrogen) atoms. The van der Waals surface area contributed by atoms with Gasteiger partial charge in [0.25, 0.3) is 0 Å². The lowest BCUT2D eigenvalue weighted by Crippen LogP contribution is -2.43. The molecule has 0 saturated carbocycles. The summed E-state index contributed by atoms with van der Waals surface area (Å²) in [6.45, 7) is 9.83. The molecule has 0 fully saturated rings. The zero-order valence-corrected chi connectivity index (χ0v) is 16.8. The molecule has 0 aromatic heterocycles. The van der Waals surface area contributed by atoms with Crippen LogP contribution in [0.3, 0.4) is 0 Å². The van der Waals surface area contributed by atoms with Gasteiger partial charge in [0.2, 0.25) is 0 Å². The van der Waals surface area contributed by atoms with Crippen LogP contribution in [0, 0.1) is 18.3 Å². The molecule has 0 aliphatic rings. The van der Waals surface area contributed by atoms with Crippen molar-refractivity contribution in [3.8, 4) is 18.1 Å². The van der Waals surface area contributed by atoms with Crippen LogP contribution in [0.5, 0.6) is 5.75 Å². The van der Waals surface area contributed by atoms with E-state index in [1.54, 1.807) is 7.11 Å². The number of ether oxygens (including phenoxy) is 2. The first-order chi connectivity index (χ1) is 11.5. The lowest BCUT2D eigenvalue weighted by atomic mass is 10.1. The Morgan fingerprint density at radius 1 is 1.08 bits per heavy atom. The summed E-state index contributed by atoms with van der Waals surface area (Å²) < 4.78 is 17.7. The van der Waals surface area contributed by atoms with Gasteiger partial charge in [-0.3, -0.25) is 0 Å². The van der Waals surface area contributed by atoms with Crippen molar-refractivity contribution in [1.29, 1.82) is 0 Å². The molecule has 1 aromatic rings. The van der Waals surface area contributed by atoms with E-state index in [0.717, 1.165) is 29.4 Å². The lowest BCUT2D eigenvalue weighted by Gasteiger charge is -2.34. The summed E-state index contributed by atoms with van der Waals surface area (Å²) in [5, 5.41) is 0. The van der Waals surface area contributed by atoms with Crippen LogP contribution in [-0.4, -0.2) is 28.1 Å². The molecule has 4 heteroatoms. The van der Waals surface area contributed by atoms with Gasteiger partial charge in [-0.1, -0.05) is 32.9 Å². The minimum absolute atomic E-state index is 0.0280. The molecule has 0 unspecified atom stereocenters. The van der Waals surface area contributed by atoms with Gasteiger partial charge in [-0.15, -0.1) is 12.3 Å². The Morgan fingerprint density at radius 2 is 1.67 bits per heavy atom. The minimum atomic E-state index is -1.69. The normalized spacial score (nSPS) is 14.0. The Morgan fingerprint density at radius 3 is 2.12 bits per heavy atom. The van der Waals surface area contributed by atoms with Crippen LogP contribution in [0.1, 0.15) is 33.3 Å². The number of hydrogen-bond acceptors (Lipinski definition) is 3. The summed E-state index contributed by atoms with van der Waals surface area (Å²) in [6, 6.07) is 11.3. The Kier molecular flexibility index (Phi) is 9.13. The predicted molar refractivity (Wildman–Crippen MR) is 103 cm³/mol. The maximum absolute atomic E-state index is 6.56. The molecule has 0 heterocycles.